The molecule has 104 valence electrons. The minimum Gasteiger partial charge on any atom is -0.466 e. The molecule has 0 N–H and O–H groups in total. The summed E-state index contributed by atoms with van der Waals surface area (Å²) in [5.74, 6) is 0.0421. The van der Waals surface area contributed by atoms with Gasteiger partial charge in [-0.25, -0.2) is 0 Å². The summed E-state index contributed by atoms with van der Waals surface area (Å²) in [5, 5.41) is 0. The number of nitrogens with zero attached hydrogens (tertiary/aromatic N) is 1. The van der Waals surface area contributed by atoms with Crippen LogP contribution in [0.25, 0.3) is 0 Å². The first-order valence-electron chi connectivity index (χ1n) is 7.23. The van der Waals surface area contributed by atoms with Crippen LogP contribution in [0.3, 0.4) is 0 Å². The molecule has 0 radical (unpaired) electrons. The van der Waals surface area contributed by atoms with E-state index in [1.54, 1.807) is 0 Å². The number of hydrogen-bond acceptors (Lipinski definition) is 4. The number of likely N-dealkylation sites (tertiary alicyclic amines) is 1. The van der Waals surface area contributed by atoms with Gasteiger partial charge in [-0.3, -0.25) is 9.69 Å². The van der Waals surface area contributed by atoms with Crippen LogP contribution in [-0.4, -0.2) is 49.3 Å². The van der Waals surface area contributed by atoms with Gasteiger partial charge in [0.05, 0.1) is 24.7 Å². The van der Waals surface area contributed by atoms with Crippen LogP contribution in [0.4, 0.5) is 0 Å². The number of esters is 1. The molecule has 0 aromatic carbocycles. The number of hydrogen-bond donors (Lipinski definition) is 0. The normalized spacial score (nSPS) is 33.6. The zero-order chi connectivity index (χ0) is 13.0. The van der Waals surface area contributed by atoms with Crippen molar-refractivity contribution in [2.45, 2.75) is 51.7 Å². The highest BCUT2D eigenvalue weighted by Crippen LogP contribution is 2.23. The second kappa shape index (κ2) is 6.53. The molecule has 2 heterocycles. The summed E-state index contributed by atoms with van der Waals surface area (Å²) in [6.45, 7) is 7.39. The van der Waals surface area contributed by atoms with Gasteiger partial charge in [-0.2, -0.15) is 0 Å². The van der Waals surface area contributed by atoms with Gasteiger partial charge >= 0.3 is 5.97 Å². The first kappa shape index (κ1) is 13.8. The van der Waals surface area contributed by atoms with Crippen molar-refractivity contribution in [2.24, 2.45) is 5.92 Å². The van der Waals surface area contributed by atoms with Gasteiger partial charge in [-0.1, -0.05) is 0 Å². The molecular formula is C14H25NO3. The van der Waals surface area contributed by atoms with Crippen molar-refractivity contribution in [1.82, 2.24) is 4.90 Å². The van der Waals surface area contributed by atoms with E-state index in [2.05, 4.69) is 11.8 Å². The fraction of sp³-hybridized carbons (Fsp3) is 0.929. The zero-order valence-corrected chi connectivity index (χ0v) is 11.6. The highest BCUT2D eigenvalue weighted by atomic mass is 16.5. The molecule has 0 saturated carbocycles. The third kappa shape index (κ3) is 3.69. The highest BCUT2D eigenvalue weighted by molar-refractivity contribution is 5.72. The molecule has 0 amide bonds. The molecule has 18 heavy (non-hydrogen) atoms. The lowest BCUT2D eigenvalue weighted by Gasteiger charge is -2.32. The van der Waals surface area contributed by atoms with Crippen LogP contribution in [-0.2, 0) is 14.3 Å². The van der Waals surface area contributed by atoms with E-state index in [9.17, 15) is 4.79 Å². The van der Waals surface area contributed by atoms with Crippen molar-refractivity contribution in [1.29, 1.82) is 0 Å². The van der Waals surface area contributed by atoms with E-state index in [4.69, 9.17) is 9.47 Å². The average molecular weight is 255 g/mol. The molecule has 0 aromatic rings. The molecule has 0 aromatic heterocycles. The molecule has 2 fully saturated rings. The van der Waals surface area contributed by atoms with Crippen molar-refractivity contribution >= 4 is 5.97 Å². The van der Waals surface area contributed by atoms with Gasteiger partial charge < -0.3 is 9.47 Å². The van der Waals surface area contributed by atoms with Crippen LogP contribution < -0.4 is 0 Å². The summed E-state index contributed by atoms with van der Waals surface area (Å²) >= 11 is 0. The molecule has 0 spiro atoms. The highest BCUT2D eigenvalue weighted by Gasteiger charge is 2.30. The lowest BCUT2D eigenvalue weighted by molar-refractivity contribution is -0.150. The molecular weight excluding hydrogens is 230 g/mol. The maximum absolute atomic E-state index is 11.8. The number of carbonyl (C=O) groups excluding carboxylic acids is 1. The van der Waals surface area contributed by atoms with Gasteiger partial charge in [0.25, 0.3) is 0 Å². The van der Waals surface area contributed by atoms with Crippen LogP contribution in [0.1, 0.15) is 39.5 Å². The Bertz CT molecular complexity index is 282. The van der Waals surface area contributed by atoms with Gasteiger partial charge in [0.2, 0.25) is 0 Å². The van der Waals surface area contributed by atoms with E-state index in [0.717, 1.165) is 38.9 Å². The standard InChI is InChI=1S/C14H25NO3/c1-3-17-14(16)12-5-4-8-15(9-12)10-13-7-6-11(2)18-13/h11-13H,3-10H2,1-2H3/t11?,12-,13?/m1/s1. The van der Waals surface area contributed by atoms with Crippen LogP contribution in [0, 0.1) is 5.92 Å². The summed E-state index contributed by atoms with van der Waals surface area (Å²) in [7, 11) is 0. The zero-order valence-electron chi connectivity index (χ0n) is 11.6. The predicted octanol–water partition coefficient (Wildman–Crippen LogP) is 1.83. The van der Waals surface area contributed by atoms with Gasteiger partial charge in [0.15, 0.2) is 0 Å². The van der Waals surface area contributed by atoms with Crippen molar-refractivity contribution in [3.05, 3.63) is 0 Å². The summed E-state index contributed by atoms with van der Waals surface area (Å²) in [4.78, 5) is 14.1. The minimum absolute atomic E-state index is 0.0251. The molecule has 2 aliphatic heterocycles. The summed E-state index contributed by atoms with van der Waals surface area (Å²) < 4.78 is 11.0. The van der Waals surface area contributed by atoms with E-state index in [-0.39, 0.29) is 11.9 Å². The molecule has 2 saturated heterocycles. The van der Waals surface area contributed by atoms with Gasteiger partial charge in [-0.15, -0.1) is 0 Å². The number of piperidine rings is 1. The van der Waals surface area contributed by atoms with Crippen molar-refractivity contribution < 1.29 is 14.3 Å². The van der Waals surface area contributed by atoms with Crippen molar-refractivity contribution in [2.75, 3.05) is 26.2 Å². The first-order valence-corrected chi connectivity index (χ1v) is 7.23. The Hall–Kier alpha value is -0.610. The van der Waals surface area contributed by atoms with E-state index >= 15 is 0 Å². The third-order valence-corrected chi connectivity index (χ3v) is 3.91. The minimum atomic E-state index is -0.0251. The van der Waals surface area contributed by atoms with Gasteiger partial charge in [0.1, 0.15) is 0 Å². The molecule has 4 nitrogen and oxygen atoms in total. The van der Waals surface area contributed by atoms with Crippen molar-refractivity contribution in [3.63, 3.8) is 0 Å². The third-order valence-electron chi connectivity index (χ3n) is 3.91. The molecule has 0 bridgehead atoms. The molecule has 2 rings (SSSR count). The van der Waals surface area contributed by atoms with Crippen LogP contribution in [0.2, 0.25) is 0 Å². The number of carbonyl (C=O) groups is 1. The van der Waals surface area contributed by atoms with E-state index in [1.165, 1.54) is 6.42 Å². The fourth-order valence-electron chi connectivity index (χ4n) is 2.98. The van der Waals surface area contributed by atoms with Gasteiger partial charge in [0, 0.05) is 13.1 Å². The Morgan fingerprint density at radius 2 is 2.22 bits per heavy atom. The quantitative estimate of drug-likeness (QED) is 0.718. The molecule has 3 atom stereocenters. The van der Waals surface area contributed by atoms with Gasteiger partial charge in [-0.05, 0) is 46.1 Å². The molecule has 4 heteroatoms. The Kier molecular flexibility index (Phi) is 5.01. The second-order valence-electron chi connectivity index (χ2n) is 5.50. The Morgan fingerprint density at radius 3 is 2.89 bits per heavy atom. The smallest absolute Gasteiger partial charge is 0.310 e. The van der Waals surface area contributed by atoms with Crippen LogP contribution in [0.5, 0.6) is 0 Å². The summed E-state index contributed by atoms with van der Waals surface area (Å²) in [6.07, 6.45) is 5.14. The van der Waals surface area contributed by atoms with E-state index in [0.29, 0.717) is 18.8 Å². The maximum atomic E-state index is 11.8. The maximum Gasteiger partial charge on any atom is 0.310 e. The first-order chi connectivity index (χ1) is 8.69. The monoisotopic (exact) mass is 255 g/mol. The summed E-state index contributed by atoms with van der Waals surface area (Å²) in [6, 6.07) is 0. The van der Waals surface area contributed by atoms with Crippen molar-refractivity contribution in [3.8, 4) is 0 Å². The topological polar surface area (TPSA) is 38.8 Å². The Labute approximate surface area is 110 Å². The van der Waals surface area contributed by atoms with E-state index in [1.807, 2.05) is 6.92 Å². The molecule has 2 aliphatic rings. The van der Waals surface area contributed by atoms with Crippen LogP contribution in [0.15, 0.2) is 0 Å². The Morgan fingerprint density at radius 1 is 1.39 bits per heavy atom. The lowest BCUT2D eigenvalue weighted by Crippen LogP contribution is -2.42. The summed E-state index contributed by atoms with van der Waals surface area (Å²) in [5.41, 5.74) is 0. The fourth-order valence-corrected chi connectivity index (χ4v) is 2.98. The molecule has 2 unspecified atom stereocenters. The average Bonchev–Trinajstić information content (AvgIpc) is 2.75. The number of rotatable bonds is 4. The lowest BCUT2D eigenvalue weighted by atomic mass is 9.98. The second-order valence-corrected chi connectivity index (χ2v) is 5.50. The predicted molar refractivity (Wildman–Crippen MR) is 69.4 cm³/mol. The number of ether oxygens (including phenoxy) is 2. The largest absolute Gasteiger partial charge is 0.466 e. The Balaban J connectivity index is 1.77. The SMILES string of the molecule is CCOC(=O)[C@@H]1CCCN(CC2CCC(C)O2)C1. The molecule has 0 aliphatic carbocycles. The van der Waals surface area contributed by atoms with E-state index < -0.39 is 0 Å². The van der Waals surface area contributed by atoms with Crippen LogP contribution >= 0.6 is 0 Å².